The second-order valence-electron chi connectivity index (χ2n) is 6.52. The SMILES string of the molecule is Cc1noc(C)c1CN1CCO[C@H]2CN(Cc3ccco3)C[C@H]21. The van der Waals surface area contributed by atoms with Crippen LogP contribution in [0, 0.1) is 13.8 Å². The third kappa shape index (κ3) is 2.94. The topological polar surface area (TPSA) is 54.9 Å². The summed E-state index contributed by atoms with van der Waals surface area (Å²) in [6.45, 7) is 9.46. The van der Waals surface area contributed by atoms with Crippen molar-refractivity contribution in [3.8, 4) is 0 Å². The predicted octanol–water partition coefficient (Wildman–Crippen LogP) is 1.97. The number of fused-ring (bicyclic) bond motifs is 1. The van der Waals surface area contributed by atoms with Gasteiger partial charge in [0.25, 0.3) is 0 Å². The number of hydrogen-bond acceptors (Lipinski definition) is 6. The molecule has 2 aromatic heterocycles. The Morgan fingerprint density at radius 1 is 1.26 bits per heavy atom. The monoisotopic (exact) mass is 317 g/mol. The Morgan fingerprint density at radius 3 is 2.91 bits per heavy atom. The summed E-state index contributed by atoms with van der Waals surface area (Å²) in [4.78, 5) is 4.93. The van der Waals surface area contributed by atoms with E-state index in [1.165, 1.54) is 5.56 Å². The smallest absolute Gasteiger partial charge is 0.138 e. The summed E-state index contributed by atoms with van der Waals surface area (Å²) in [7, 11) is 0. The number of furan rings is 1. The predicted molar refractivity (Wildman–Crippen MR) is 83.9 cm³/mol. The fraction of sp³-hybridized carbons (Fsp3) is 0.588. The lowest BCUT2D eigenvalue weighted by Crippen LogP contribution is -2.50. The van der Waals surface area contributed by atoms with Crippen molar-refractivity contribution in [2.24, 2.45) is 0 Å². The molecule has 6 heteroatoms. The Morgan fingerprint density at radius 2 is 2.17 bits per heavy atom. The normalized spacial score (nSPS) is 25.8. The van der Waals surface area contributed by atoms with Crippen molar-refractivity contribution >= 4 is 0 Å². The molecule has 2 fully saturated rings. The Balaban J connectivity index is 1.45. The maximum atomic E-state index is 6.01. The Bertz CT molecular complexity index is 633. The van der Waals surface area contributed by atoms with Crippen LogP contribution in [0.1, 0.15) is 22.8 Å². The van der Waals surface area contributed by atoms with Crippen molar-refractivity contribution in [1.82, 2.24) is 15.0 Å². The Kier molecular flexibility index (Phi) is 3.97. The summed E-state index contributed by atoms with van der Waals surface area (Å²) >= 11 is 0. The number of rotatable bonds is 4. The minimum atomic E-state index is 0.277. The molecule has 124 valence electrons. The number of ether oxygens (including phenoxy) is 1. The Hall–Kier alpha value is -1.63. The summed E-state index contributed by atoms with van der Waals surface area (Å²) in [5, 5.41) is 4.08. The molecule has 2 atom stereocenters. The van der Waals surface area contributed by atoms with Gasteiger partial charge in [0.05, 0.1) is 37.3 Å². The molecular weight excluding hydrogens is 294 g/mol. The maximum absolute atomic E-state index is 6.01. The highest BCUT2D eigenvalue weighted by atomic mass is 16.5. The first-order valence-corrected chi connectivity index (χ1v) is 8.23. The Labute approximate surface area is 136 Å². The van der Waals surface area contributed by atoms with E-state index in [-0.39, 0.29) is 6.10 Å². The minimum Gasteiger partial charge on any atom is -0.468 e. The molecule has 4 rings (SSSR count). The molecule has 23 heavy (non-hydrogen) atoms. The van der Waals surface area contributed by atoms with Crippen LogP contribution in [0.15, 0.2) is 27.3 Å². The molecule has 0 unspecified atom stereocenters. The van der Waals surface area contributed by atoms with Crippen molar-refractivity contribution in [1.29, 1.82) is 0 Å². The first kappa shape index (κ1) is 14.9. The zero-order chi connectivity index (χ0) is 15.8. The van der Waals surface area contributed by atoms with E-state index >= 15 is 0 Å². The number of morpholine rings is 1. The standard InChI is InChI=1S/C17H23N3O3/c1-12-15(13(2)23-18-12)9-20-5-7-22-17-11-19(10-16(17)20)8-14-4-3-6-21-14/h3-4,6,16-17H,5,7-11H2,1-2H3/t16-,17+/m1/s1. The highest BCUT2D eigenvalue weighted by molar-refractivity contribution is 5.21. The molecule has 0 radical (unpaired) electrons. The van der Waals surface area contributed by atoms with E-state index in [0.29, 0.717) is 6.04 Å². The van der Waals surface area contributed by atoms with Crippen LogP contribution < -0.4 is 0 Å². The summed E-state index contributed by atoms with van der Waals surface area (Å²) in [6, 6.07) is 4.40. The van der Waals surface area contributed by atoms with E-state index in [2.05, 4.69) is 15.0 Å². The van der Waals surface area contributed by atoms with Crippen molar-refractivity contribution in [2.75, 3.05) is 26.2 Å². The number of nitrogens with zero attached hydrogens (tertiary/aromatic N) is 3. The molecule has 0 spiro atoms. The van der Waals surface area contributed by atoms with Crippen LogP contribution in [0.3, 0.4) is 0 Å². The van der Waals surface area contributed by atoms with Gasteiger partial charge in [-0.15, -0.1) is 0 Å². The van der Waals surface area contributed by atoms with Gasteiger partial charge in [0, 0.05) is 31.7 Å². The van der Waals surface area contributed by atoms with E-state index in [4.69, 9.17) is 13.7 Å². The molecule has 0 aromatic carbocycles. The molecule has 6 nitrogen and oxygen atoms in total. The van der Waals surface area contributed by atoms with Gasteiger partial charge in [0.15, 0.2) is 0 Å². The van der Waals surface area contributed by atoms with Gasteiger partial charge in [-0.2, -0.15) is 0 Å². The molecule has 0 N–H and O–H groups in total. The van der Waals surface area contributed by atoms with Crippen molar-refractivity contribution < 1.29 is 13.7 Å². The van der Waals surface area contributed by atoms with Gasteiger partial charge in [0.1, 0.15) is 11.5 Å². The van der Waals surface area contributed by atoms with Gasteiger partial charge in [-0.1, -0.05) is 5.16 Å². The van der Waals surface area contributed by atoms with Crippen LogP contribution in [-0.2, 0) is 17.8 Å². The molecule has 2 aliphatic heterocycles. The fourth-order valence-corrected chi connectivity index (χ4v) is 3.71. The molecule has 0 bridgehead atoms. The van der Waals surface area contributed by atoms with Crippen molar-refractivity contribution in [3.05, 3.63) is 41.2 Å². The first-order chi connectivity index (χ1) is 11.2. The van der Waals surface area contributed by atoms with E-state index in [1.807, 2.05) is 26.0 Å². The van der Waals surface area contributed by atoms with Gasteiger partial charge >= 0.3 is 0 Å². The fourth-order valence-electron chi connectivity index (χ4n) is 3.71. The van der Waals surface area contributed by atoms with Crippen LogP contribution in [0.2, 0.25) is 0 Å². The molecule has 2 aromatic rings. The lowest BCUT2D eigenvalue weighted by molar-refractivity contribution is -0.0506. The highest BCUT2D eigenvalue weighted by Crippen LogP contribution is 2.27. The van der Waals surface area contributed by atoms with E-state index in [1.54, 1.807) is 6.26 Å². The third-order valence-corrected chi connectivity index (χ3v) is 4.99. The number of likely N-dealkylation sites (tertiary alicyclic amines) is 1. The first-order valence-electron chi connectivity index (χ1n) is 8.23. The summed E-state index contributed by atoms with van der Waals surface area (Å²) < 4.78 is 16.8. The maximum Gasteiger partial charge on any atom is 0.138 e. The van der Waals surface area contributed by atoms with Crippen molar-refractivity contribution in [3.63, 3.8) is 0 Å². The van der Waals surface area contributed by atoms with Gasteiger partial charge in [-0.05, 0) is 26.0 Å². The second kappa shape index (κ2) is 6.11. The van der Waals surface area contributed by atoms with E-state index < -0.39 is 0 Å². The number of hydrogen-bond donors (Lipinski definition) is 0. The van der Waals surface area contributed by atoms with Crippen LogP contribution in [0.25, 0.3) is 0 Å². The zero-order valence-corrected chi connectivity index (χ0v) is 13.7. The molecule has 2 saturated heterocycles. The zero-order valence-electron chi connectivity index (χ0n) is 13.7. The lowest BCUT2D eigenvalue weighted by Gasteiger charge is -2.36. The van der Waals surface area contributed by atoms with Gasteiger partial charge in [0.2, 0.25) is 0 Å². The average Bonchev–Trinajstić information content (AvgIpc) is 3.25. The van der Waals surface area contributed by atoms with Crippen LogP contribution in [-0.4, -0.2) is 53.3 Å². The molecule has 0 amide bonds. The quantitative estimate of drug-likeness (QED) is 0.859. The molecule has 2 aliphatic rings. The van der Waals surface area contributed by atoms with Gasteiger partial charge in [-0.3, -0.25) is 9.80 Å². The van der Waals surface area contributed by atoms with Crippen LogP contribution in [0.4, 0.5) is 0 Å². The number of aromatic nitrogens is 1. The lowest BCUT2D eigenvalue weighted by atomic mass is 10.1. The molecule has 0 saturated carbocycles. The summed E-state index contributed by atoms with van der Waals surface area (Å²) in [5.41, 5.74) is 2.21. The van der Waals surface area contributed by atoms with E-state index in [9.17, 15) is 0 Å². The number of aryl methyl sites for hydroxylation is 2. The largest absolute Gasteiger partial charge is 0.468 e. The molecule has 4 heterocycles. The highest BCUT2D eigenvalue weighted by Gasteiger charge is 2.40. The van der Waals surface area contributed by atoms with Crippen LogP contribution >= 0.6 is 0 Å². The second-order valence-corrected chi connectivity index (χ2v) is 6.52. The average molecular weight is 317 g/mol. The third-order valence-electron chi connectivity index (χ3n) is 4.99. The molecule has 0 aliphatic carbocycles. The van der Waals surface area contributed by atoms with Gasteiger partial charge in [-0.25, -0.2) is 0 Å². The minimum absolute atomic E-state index is 0.277. The summed E-state index contributed by atoms with van der Waals surface area (Å²) in [5.74, 6) is 1.94. The van der Waals surface area contributed by atoms with Crippen LogP contribution in [0.5, 0.6) is 0 Å². The molecular formula is C17H23N3O3. The summed E-state index contributed by atoms with van der Waals surface area (Å²) in [6.07, 6.45) is 2.01. The van der Waals surface area contributed by atoms with E-state index in [0.717, 1.165) is 56.5 Å². The van der Waals surface area contributed by atoms with Crippen molar-refractivity contribution in [2.45, 2.75) is 39.1 Å². The van der Waals surface area contributed by atoms with Gasteiger partial charge < -0.3 is 13.7 Å².